The maximum absolute atomic E-state index is 13.8. The first-order chi connectivity index (χ1) is 16.8. The van der Waals surface area contributed by atoms with E-state index in [0.29, 0.717) is 5.69 Å². The minimum atomic E-state index is -1.23. The zero-order chi connectivity index (χ0) is 24.8. The van der Waals surface area contributed by atoms with Crippen molar-refractivity contribution in [2.24, 2.45) is 11.8 Å². The van der Waals surface area contributed by atoms with Gasteiger partial charge in [-0.15, -0.1) is 0 Å². The fourth-order valence-electron chi connectivity index (χ4n) is 6.34. The molecule has 3 fully saturated rings. The Kier molecular flexibility index (Phi) is 6.17. The second-order valence-electron chi connectivity index (χ2n) is 10.2. The summed E-state index contributed by atoms with van der Waals surface area (Å²) in [5, 5.41) is 5.96. The second-order valence-corrected chi connectivity index (χ2v) is 10.2. The number of likely N-dealkylation sites (tertiary alicyclic amines) is 1. The van der Waals surface area contributed by atoms with Crippen LogP contribution < -0.4 is 10.6 Å². The molecule has 2 saturated heterocycles. The molecule has 1 spiro atoms. The fourth-order valence-corrected chi connectivity index (χ4v) is 6.34. The highest BCUT2D eigenvalue weighted by Crippen LogP contribution is 2.59. The van der Waals surface area contributed by atoms with Crippen LogP contribution in [0.4, 0.5) is 10.1 Å². The van der Waals surface area contributed by atoms with Gasteiger partial charge in [0, 0.05) is 25.4 Å². The summed E-state index contributed by atoms with van der Waals surface area (Å²) in [5.74, 6) is -3.05. The summed E-state index contributed by atoms with van der Waals surface area (Å²) in [6.45, 7) is 2.25. The quantitative estimate of drug-likeness (QED) is 0.578. The van der Waals surface area contributed by atoms with Crippen LogP contribution in [-0.4, -0.2) is 66.2 Å². The highest BCUT2D eigenvalue weighted by atomic mass is 19.1. The van der Waals surface area contributed by atoms with Crippen LogP contribution in [0.5, 0.6) is 0 Å². The summed E-state index contributed by atoms with van der Waals surface area (Å²) in [6.07, 6.45) is 8.72. The Morgan fingerprint density at radius 3 is 2.54 bits per heavy atom. The van der Waals surface area contributed by atoms with E-state index in [1.165, 1.54) is 29.2 Å². The van der Waals surface area contributed by atoms with E-state index in [1.807, 2.05) is 0 Å². The molecule has 3 amide bonds. The van der Waals surface area contributed by atoms with Gasteiger partial charge in [0.25, 0.3) is 0 Å². The summed E-state index contributed by atoms with van der Waals surface area (Å²) in [5.41, 5.74) is -1.85. The van der Waals surface area contributed by atoms with Gasteiger partial charge in [0.15, 0.2) is 0 Å². The Labute approximate surface area is 204 Å². The predicted octanol–water partition coefficient (Wildman–Crippen LogP) is 2.40. The first-order valence-electron chi connectivity index (χ1n) is 12.4. The van der Waals surface area contributed by atoms with Crippen molar-refractivity contribution in [1.29, 1.82) is 0 Å². The van der Waals surface area contributed by atoms with Gasteiger partial charge in [-0.1, -0.05) is 31.4 Å². The molecule has 5 atom stereocenters. The third kappa shape index (κ3) is 3.94. The van der Waals surface area contributed by atoms with Crippen molar-refractivity contribution >= 4 is 23.4 Å². The average Bonchev–Trinajstić information content (AvgIpc) is 3.40. The summed E-state index contributed by atoms with van der Waals surface area (Å²) in [4.78, 5) is 42.4. The Morgan fingerprint density at radius 2 is 1.86 bits per heavy atom. The lowest BCUT2D eigenvalue weighted by molar-refractivity contribution is -0.144. The molecule has 1 aromatic carbocycles. The van der Waals surface area contributed by atoms with E-state index in [4.69, 9.17) is 9.47 Å². The number of amides is 3. The molecule has 0 aromatic heterocycles. The molecule has 9 heteroatoms. The van der Waals surface area contributed by atoms with Crippen molar-refractivity contribution < 1.29 is 28.2 Å². The first-order valence-corrected chi connectivity index (χ1v) is 12.4. The van der Waals surface area contributed by atoms with Gasteiger partial charge in [0.1, 0.15) is 17.5 Å². The molecular weight excluding hydrogens is 453 g/mol. The molecule has 1 saturated carbocycles. The van der Waals surface area contributed by atoms with Crippen molar-refractivity contribution in [3.63, 3.8) is 0 Å². The van der Waals surface area contributed by atoms with E-state index in [2.05, 4.69) is 10.6 Å². The molecule has 4 aliphatic rings. The number of carbonyl (C=O) groups excluding carboxylic acids is 3. The molecule has 0 unspecified atom stereocenters. The predicted molar refractivity (Wildman–Crippen MR) is 126 cm³/mol. The molecule has 5 rings (SSSR count). The standard InChI is InChI=1S/C26H32FN3O5/c1-25-12-13-26(35-25)20(19(25)22(31)28-18-10-8-16(27)9-11-18)24(33)30(14-15-34-2)21(26)23(32)29-17-6-4-3-5-7-17/h8-13,17,19-21H,3-7,14-15H2,1-2H3,(H,28,31)(H,29,32)/t19-,20+,21+,25-,26+/m1/s1. The minimum absolute atomic E-state index is 0.0711. The SMILES string of the molecule is COCCN1C(=O)[C@@H]2[C@H](C(=O)Nc3ccc(F)cc3)[C@@]3(C)C=C[C@@]2(O3)[C@@H]1C(=O)NC1CCCCC1. The van der Waals surface area contributed by atoms with Crippen molar-refractivity contribution in [2.45, 2.75) is 62.3 Å². The average molecular weight is 486 g/mol. The number of hydrogen-bond acceptors (Lipinski definition) is 5. The molecule has 1 aromatic rings. The van der Waals surface area contributed by atoms with Gasteiger partial charge in [0.05, 0.1) is 24.0 Å². The maximum atomic E-state index is 13.8. The Hall–Kier alpha value is -2.78. The zero-order valence-electron chi connectivity index (χ0n) is 20.1. The molecule has 3 heterocycles. The highest BCUT2D eigenvalue weighted by molar-refractivity contribution is 6.03. The molecule has 0 radical (unpaired) electrons. The monoisotopic (exact) mass is 485 g/mol. The number of halogens is 1. The molecular formula is C26H32FN3O5. The number of rotatable bonds is 7. The van der Waals surface area contributed by atoms with Crippen molar-refractivity contribution in [3.05, 3.63) is 42.2 Å². The summed E-state index contributed by atoms with van der Waals surface area (Å²) >= 11 is 0. The molecule has 3 aliphatic heterocycles. The van der Waals surface area contributed by atoms with Crippen LogP contribution in [0.25, 0.3) is 0 Å². The van der Waals surface area contributed by atoms with E-state index in [9.17, 15) is 18.8 Å². The largest absolute Gasteiger partial charge is 0.383 e. The maximum Gasteiger partial charge on any atom is 0.246 e. The van der Waals surface area contributed by atoms with Gasteiger partial charge in [-0.3, -0.25) is 14.4 Å². The summed E-state index contributed by atoms with van der Waals surface area (Å²) in [6, 6.07) is 4.64. The molecule has 2 bridgehead atoms. The number of nitrogens with zero attached hydrogens (tertiary/aromatic N) is 1. The lowest BCUT2D eigenvalue weighted by atomic mass is 9.70. The van der Waals surface area contributed by atoms with Gasteiger partial charge < -0.3 is 25.0 Å². The van der Waals surface area contributed by atoms with Crippen LogP contribution in [0.3, 0.4) is 0 Å². The van der Waals surface area contributed by atoms with Crippen molar-refractivity contribution in [2.75, 3.05) is 25.6 Å². The number of carbonyl (C=O) groups is 3. The normalized spacial score (nSPS) is 33.7. The van der Waals surface area contributed by atoms with Crippen molar-refractivity contribution in [3.8, 4) is 0 Å². The van der Waals surface area contributed by atoms with Gasteiger partial charge >= 0.3 is 0 Å². The van der Waals surface area contributed by atoms with Gasteiger partial charge in [-0.25, -0.2) is 4.39 Å². The van der Waals surface area contributed by atoms with E-state index >= 15 is 0 Å². The van der Waals surface area contributed by atoms with Crippen LogP contribution in [0.15, 0.2) is 36.4 Å². The van der Waals surface area contributed by atoms with Gasteiger partial charge in [-0.2, -0.15) is 0 Å². The van der Waals surface area contributed by atoms with E-state index in [0.717, 1.165) is 32.1 Å². The van der Waals surface area contributed by atoms with E-state index < -0.39 is 40.8 Å². The van der Waals surface area contributed by atoms with Crippen LogP contribution >= 0.6 is 0 Å². The van der Waals surface area contributed by atoms with Gasteiger partial charge in [0.2, 0.25) is 17.7 Å². The molecule has 188 valence electrons. The third-order valence-corrected chi connectivity index (χ3v) is 7.93. The molecule has 1 aliphatic carbocycles. The fraction of sp³-hybridized carbons (Fsp3) is 0.577. The van der Waals surface area contributed by atoms with Crippen LogP contribution in [0, 0.1) is 17.7 Å². The number of methoxy groups -OCH3 is 1. The molecule has 2 N–H and O–H groups in total. The number of anilines is 1. The Balaban J connectivity index is 1.45. The van der Waals surface area contributed by atoms with E-state index in [1.54, 1.807) is 26.2 Å². The Bertz CT molecular complexity index is 1040. The lowest BCUT2D eigenvalue weighted by Crippen LogP contribution is -2.57. The number of benzene rings is 1. The third-order valence-electron chi connectivity index (χ3n) is 7.93. The van der Waals surface area contributed by atoms with Crippen LogP contribution in [0.1, 0.15) is 39.0 Å². The van der Waals surface area contributed by atoms with Crippen LogP contribution in [-0.2, 0) is 23.9 Å². The number of hydrogen-bond donors (Lipinski definition) is 2. The topological polar surface area (TPSA) is 97.0 Å². The second kappa shape index (κ2) is 9.02. The molecule has 8 nitrogen and oxygen atoms in total. The van der Waals surface area contributed by atoms with Gasteiger partial charge in [-0.05, 0) is 44.0 Å². The molecule has 35 heavy (non-hydrogen) atoms. The smallest absolute Gasteiger partial charge is 0.246 e. The number of fused-ring (bicyclic) bond motifs is 1. The highest BCUT2D eigenvalue weighted by Gasteiger charge is 2.76. The van der Waals surface area contributed by atoms with E-state index in [-0.39, 0.29) is 31.0 Å². The van der Waals surface area contributed by atoms with Crippen LogP contribution in [0.2, 0.25) is 0 Å². The number of nitrogens with one attached hydrogen (secondary N) is 2. The minimum Gasteiger partial charge on any atom is -0.383 e. The summed E-state index contributed by atoms with van der Waals surface area (Å²) in [7, 11) is 1.54. The summed E-state index contributed by atoms with van der Waals surface area (Å²) < 4.78 is 25.0. The first kappa shape index (κ1) is 23.9. The zero-order valence-corrected chi connectivity index (χ0v) is 20.1. The number of ether oxygens (including phenoxy) is 2. The lowest BCUT2D eigenvalue weighted by Gasteiger charge is -2.34. The Morgan fingerprint density at radius 1 is 1.14 bits per heavy atom. The van der Waals surface area contributed by atoms with Crippen molar-refractivity contribution in [1.82, 2.24) is 10.2 Å².